The molecule has 1 rings (SSSR count). The number of halogens is 1. The Hall–Kier alpha value is -0.700. The third kappa shape index (κ3) is 5.01. The minimum Gasteiger partial charge on any atom is -0.493 e. The van der Waals surface area contributed by atoms with Gasteiger partial charge in [0.15, 0.2) is 0 Å². The van der Waals surface area contributed by atoms with E-state index in [9.17, 15) is 0 Å². The van der Waals surface area contributed by atoms with Gasteiger partial charge in [0.1, 0.15) is 5.75 Å². The lowest BCUT2D eigenvalue weighted by Crippen LogP contribution is -2.30. The summed E-state index contributed by atoms with van der Waals surface area (Å²) in [6.45, 7) is 5.29. The largest absolute Gasteiger partial charge is 0.493 e. The molecule has 1 aromatic rings. The van der Waals surface area contributed by atoms with Gasteiger partial charge in [0.05, 0.1) is 6.61 Å². The maximum atomic E-state index is 6.10. The summed E-state index contributed by atoms with van der Waals surface area (Å²) in [7, 11) is 4.10. The summed E-state index contributed by atoms with van der Waals surface area (Å²) in [5.74, 6) is 0.966. The van der Waals surface area contributed by atoms with Gasteiger partial charge in [-0.3, -0.25) is 0 Å². The van der Waals surface area contributed by atoms with Crippen molar-refractivity contribution in [2.45, 2.75) is 39.5 Å². The van der Waals surface area contributed by atoms with Crippen molar-refractivity contribution in [3.05, 3.63) is 24.3 Å². The fourth-order valence-electron chi connectivity index (χ4n) is 2.59. The van der Waals surface area contributed by atoms with E-state index in [1.807, 2.05) is 6.07 Å². The van der Waals surface area contributed by atoms with E-state index < -0.39 is 0 Å². The van der Waals surface area contributed by atoms with Gasteiger partial charge < -0.3 is 9.64 Å². The molecule has 3 heteroatoms. The summed E-state index contributed by atoms with van der Waals surface area (Å²) in [6, 6.07) is 8.31. The molecule has 2 nitrogen and oxygen atoms in total. The molecule has 0 heterocycles. The Morgan fingerprint density at radius 2 is 1.80 bits per heavy atom. The zero-order chi connectivity index (χ0) is 15.0. The smallest absolute Gasteiger partial charge is 0.121 e. The molecule has 0 saturated carbocycles. The minimum atomic E-state index is 0.262. The van der Waals surface area contributed by atoms with Crippen LogP contribution in [-0.2, 0) is 0 Å². The molecular formula is C17H28BrNO. The molecule has 0 amide bonds. The Morgan fingerprint density at radius 1 is 1.15 bits per heavy atom. The maximum Gasteiger partial charge on any atom is 0.121 e. The summed E-state index contributed by atoms with van der Waals surface area (Å²) in [6.07, 6.45) is 4.82. The van der Waals surface area contributed by atoms with E-state index in [4.69, 9.17) is 4.74 Å². The van der Waals surface area contributed by atoms with Crippen LogP contribution in [0, 0.1) is 5.41 Å². The quantitative estimate of drug-likeness (QED) is 0.578. The summed E-state index contributed by atoms with van der Waals surface area (Å²) in [5.41, 5.74) is 1.44. The summed E-state index contributed by atoms with van der Waals surface area (Å²) in [4.78, 5) is 2.10. The van der Waals surface area contributed by atoms with Gasteiger partial charge in [-0.15, -0.1) is 0 Å². The van der Waals surface area contributed by atoms with Crippen LogP contribution in [0.5, 0.6) is 5.75 Å². The Morgan fingerprint density at radius 3 is 2.30 bits per heavy atom. The molecule has 0 aliphatic rings. The zero-order valence-electron chi connectivity index (χ0n) is 13.3. The van der Waals surface area contributed by atoms with Crippen molar-refractivity contribution in [2.75, 3.05) is 30.9 Å². The first kappa shape index (κ1) is 17.4. The molecule has 0 saturated heterocycles. The van der Waals surface area contributed by atoms with Crippen LogP contribution in [0.2, 0.25) is 0 Å². The van der Waals surface area contributed by atoms with E-state index in [2.05, 4.69) is 67.0 Å². The highest BCUT2D eigenvalue weighted by atomic mass is 79.9. The van der Waals surface area contributed by atoms with Crippen LogP contribution in [0.15, 0.2) is 24.3 Å². The molecule has 0 bridgehead atoms. The van der Waals surface area contributed by atoms with Gasteiger partial charge in [-0.25, -0.2) is 0 Å². The average Bonchev–Trinajstić information content (AvgIpc) is 2.45. The molecule has 0 aliphatic heterocycles. The van der Waals surface area contributed by atoms with Crippen molar-refractivity contribution in [3.63, 3.8) is 0 Å². The molecule has 0 aliphatic carbocycles. The number of hydrogen-bond acceptors (Lipinski definition) is 2. The molecule has 0 unspecified atom stereocenters. The van der Waals surface area contributed by atoms with Crippen LogP contribution in [0.3, 0.4) is 0 Å². The second-order valence-corrected chi connectivity index (χ2v) is 6.37. The summed E-state index contributed by atoms with van der Waals surface area (Å²) in [5, 5.41) is 1.01. The predicted octanol–water partition coefficient (Wildman–Crippen LogP) is 5.11. The van der Waals surface area contributed by atoms with E-state index in [1.54, 1.807) is 0 Å². The zero-order valence-corrected chi connectivity index (χ0v) is 14.9. The maximum absolute atomic E-state index is 6.10. The van der Waals surface area contributed by atoms with E-state index in [-0.39, 0.29) is 5.41 Å². The molecule has 0 aromatic heterocycles. The van der Waals surface area contributed by atoms with Crippen LogP contribution in [0.4, 0.5) is 5.69 Å². The van der Waals surface area contributed by atoms with Crippen molar-refractivity contribution in [2.24, 2.45) is 5.41 Å². The van der Waals surface area contributed by atoms with Crippen molar-refractivity contribution in [3.8, 4) is 5.75 Å². The average molecular weight is 342 g/mol. The topological polar surface area (TPSA) is 12.5 Å². The molecule has 0 radical (unpaired) electrons. The molecular weight excluding hydrogens is 314 g/mol. The monoisotopic (exact) mass is 341 g/mol. The molecule has 0 fully saturated rings. The lowest BCUT2D eigenvalue weighted by Gasteiger charge is -2.31. The van der Waals surface area contributed by atoms with Gasteiger partial charge >= 0.3 is 0 Å². The highest BCUT2D eigenvalue weighted by Gasteiger charge is 2.28. The second-order valence-electron chi connectivity index (χ2n) is 5.81. The van der Waals surface area contributed by atoms with Crippen LogP contribution in [0.1, 0.15) is 39.5 Å². The Balaban J connectivity index is 2.73. The first-order valence-corrected chi connectivity index (χ1v) is 8.65. The van der Waals surface area contributed by atoms with E-state index in [0.717, 1.165) is 17.7 Å². The van der Waals surface area contributed by atoms with E-state index >= 15 is 0 Å². The van der Waals surface area contributed by atoms with Crippen LogP contribution >= 0.6 is 15.9 Å². The second kappa shape index (κ2) is 8.56. The third-order valence-corrected chi connectivity index (χ3v) is 4.91. The van der Waals surface area contributed by atoms with Gasteiger partial charge in [0.25, 0.3) is 0 Å². The Bertz CT molecular complexity index is 386. The number of alkyl halides is 1. The Kier molecular flexibility index (Phi) is 7.42. The van der Waals surface area contributed by atoms with Crippen molar-refractivity contribution < 1.29 is 4.74 Å². The standard InChI is InChI=1S/C17H28BrNO/c1-5-10-17(13-18,11-6-2)14-20-16-9-7-8-15(12-16)19(3)4/h7-9,12H,5-6,10-11,13-14H2,1-4H3. The number of hydrogen-bond donors (Lipinski definition) is 0. The predicted molar refractivity (Wildman–Crippen MR) is 92.3 cm³/mol. The summed E-state index contributed by atoms with van der Waals surface area (Å²) >= 11 is 3.70. The van der Waals surface area contributed by atoms with Gasteiger partial charge in [0, 0.05) is 36.6 Å². The fourth-order valence-corrected chi connectivity index (χ4v) is 3.31. The molecule has 20 heavy (non-hydrogen) atoms. The lowest BCUT2D eigenvalue weighted by atomic mass is 9.82. The third-order valence-electron chi connectivity index (χ3n) is 3.72. The molecule has 114 valence electrons. The SMILES string of the molecule is CCCC(CBr)(CCC)COc1cccc(N(C)C)c1. The fraction of sp³-hybridized carbons (Fsp3) is 0.647. The molecule has 0 atom stereocenters. The normalized spacial score (nSPS) is 11.4. The van der Waals surface area contributed by atoms with Gasteiger partial charge in [-0.05, 0) is 25.0 Å². The number of nitrogens with zero attached hydrogens (tertiary/aromatic N) is 1. The van der Waals surface area contributed by atoms with Crippen molar-refractivity contribution >= 4 is 21.6 Å². The molecule has 0 N–H and O–H groups in total. The lowest BCUT2D eigenvalue weighted by molar-refractivity contribution is 0.144. The van der Waals surface area contributed by atoms with Gasteiger partial charge in [-0.1, -0.05) is 48.7 Å². The highest BCUT2D eigenvalue weighted by molar-refractivity contribution is 9.09. The van der Waals surface area contributed by atoms with Crippen LogP contribution in [0.25, 0.3) is 0 Å². The van der Waals surface area contributed by atoms with Crippen molar-refractivity contribution in [1.82, 2.24) is 0 Å². The number of rotatable bonds is 9. The Labute approximate surface area is 132 Å². The number of anilines is 1. The minimum absolute atomic E-state index is 0.262. The molecule has 1 aromatic carbocycles. The van der Waals surface area contributed by atoms with Crippen LogP contribution < -0.4 is 9.64 Å². The first-order valence-electron chi connectivity index (χ1n) is 7.53. The van der Waals surface area contributed by atoms with Gasteiger partial charge in [0.2, 0.25) is 0 Å². The summed E-state index contributed by atoms with van der Waals surface area (Å²) < 4.78 is 6.10. The number of ether oxygens (including phenoxy) is 1. The van der Waals surface area contributed by atoms with E-state index in [0.29, 0.717) is 0 Å². The molecule has 0 spiro atoms. The van der Waals surface area contributed by atoms with Crippen LogP contribution in [-0.4, -0.2) is 26.0 Å². The van der Waals surface area contributed by atoms with Crippen molar-refractivity contribution in [1.29, 1.82) is 0 Å². The number of benzene rings is 1. The first-order chi connectivity index (χ1) is 9.56. The highest BCUT2D eigenvalue weighted by Crippen LogP contribution is 2.33. The van der Waals surface area contributed by atoms with Gasteiger partial charge in [-0.2, -0.15) is 0 Å². The van der Waals surface area contributed by atoms with E-state index in [1.165, 1.54) is 31.4 Å².